The highest BCUT2D eigenvalue weighted by molar-refractivity contribution is 6.09. The molecular weight excluding hydrogens is 398 g/mol. The van der Waals surface area contributed by atoms with Crippen molar-refractivity contribution in [3.8, 4) is 5.75 Å². The zero-order valence-electron chi connectivity index (χ0n) is 17.0. The summed E-state index contributed by atoms with van der Waals surface area (Å²) in [7, 11) is 0. The zero-order chi connectivity index (χ0) is 21.0. The van der Waals surface area contributed by atoms with Crippen molar-refractivity contribution in [2.24, 2.45) is 0 Å². The number of nitrogens with one attached hydrogen (secondary N) is 1. The zero-order valence-corrected chi connectivity index (χ0v) is 17.0. The number of amides is 1. The van der Waals surface area contributed by atoms with Gasteiger partial charge in [0.25, 0.3) is 5.91 Å². The Morgan fingerprint density at radius 2 is 2.29 bits per heavy atom. The molecule has 7 rings (SSSR count). The Balaban J connectivity index is 1.28. The van der Waals surface area contributed by atoms with Crippen molar-refractivity contribution < 1.29 is 19.4 Å². The van der Waals surface area contributed by atoms with Crippen molar-refractivity contribution in [2.45, 2.75) is 36.5 Å². The number of anilines is 2. The molecule has 3 aromatic rings. The third kappa shape index (κ3) is 2.10. The van der Waals surface area contributed by atoms with Gasteiger partial charge in [0.05, 0.1) is 42.9 Å². The number of fused-ring (bicyclic) bond motifs is 2. The molecule has 2 N–H and O–H groups in total. The van der Waals surface area contributed by atoms with Gasteiger partial charge in [-0.25, -0.2) is 9.50 Å². The number of rotatable bonds is 4. The van der Waals surface area contributed by atoms with E-state index in [0.29, 0.717) is 24.2 Å². The second-order valence-electron chi connectivity index (χ2n) is 9.34. The molecule has 0 unspecified atom stereocenters. The summed E-state index contributed by atoms with van der Waals surface area (Å²) in [6.45, 7) is 3.34. The second kappa shape index (κ2) is 5.35. The lowest BCUT2D eigenvalue weighted by atomic mass is 9.92. The number of morpholine rings is 1. The Kier molecular flexibility index (Phi) is 3.02. The predicted molar refractivity (Wildman–Crippen MR) is 111 cm³/mol. The van der Waals surface area contributed by atoms with Gasteiger partial charge >= 0.3 is 0 Å². The summed E-state index contributed by atoms with van der Waals surface area (Å²) in [6, 6.07) is 5.74. The van der Waals surface area contributed by atoms with Crippen LogP contribution in [0.25, 0.3) is 5.65 Å². The van der Waals surface area contributed by atoms with Crippen molar-refractivity contribution in [3.05, 3.63) is 47.9 Å². The largest absolute Gasteiger partial charge is 0.484 e. The van der Waals surface area contributed by atoms with Crippen LogP contribution in [0.4, 0.5) is 11.4 Å². The molecule has 3 aliphatic heterocycles. The van der Waals surface area contributed by atoms with Crippen molar-refractivity contribution in [2.75, 3.05) is 30.0 Å². The molecule has 0 radical (unpaired) electrons. The van der Waals surface area contributed by atoms with Crippen LogP contribution in [0.1, 0.15) is 29.3 Å². The van der Waals surface area contributed by atoms with E-state index in [1.54, 1.807) is 23.0 Å². The lowest BCUT2D eigenvalue weighted by Gasteiger charge is -2.55. The number of benzene rings is 1. The first kappa shape index (κ1) is 17.5. The van der Waals surface area contributed by atoms with Gasteiger partial charge in [0, 0.05) is 36.9 Å². The fraction of sp³-hybridized carbons (Fsp3) is 0.409. The Morgan fingerprint density at radius 3 is 3.00 bits per heavy atom. The van der Waals surface area contributed by atoms with E-state index < -0.39 is 5.60 Å². The maximum atomic E-state index is 13.2. The van der Waals surface area contributed by atoms with E-state index in [-0.39, 0.29) is 23.7 Å². The maximum absolute atomic E-state index is 13.2. The van der Waals surface area contributed by atoms with Crippen LogP contribution in [-0.4, -0.2) is 62.1 Å². The van der Waals surface area contributed by atoms with E-state index in [9.17, 15) is 9.90 Å². The lowest BCUT2D eigenvalue weighted by molar-refractivity contribution is -0.116. The van der Waals surface area contributed by atoms with Crippen LogP contribution in [0.3, 0.4) is 0 Å². The minimum atomic E-state index is -0.648. The number of aliphatic hydroxyl groups excluding tert-OH is 1. The van der Waals surface area contributed by atoms with Crippen LogP contribution in [0.5, 0.6) is 5.75 Å². The van der Waals surface area contributed by atoms with Crippen LogP contribution in [0.2, 0.25) is 0 Å². The molecule has 158 valence electrons. The standard InChI is InChI=1S/C22H21N5O4/c1-20(11-28)7-13-5-15(25-19(29)14-8-24-27-4-2-3-23-18(14)27)16(6-17(13)31-20)26-10-22-9-21(22,26)12-30-22/h2-6,8,28H,7,9-12H2,1H3,(H,25,29)/t20-,21-,22-/m0/s1. The van der Waals surface area contributed by atoms with E-state index in [2.05, 4.69) is 20.3 Å². The first-order valence-corrected chi connectivity index (χ1v) is 10.4. The first-order chi connectivity index (χ1) is 15.0. The second-order valence-corrected chi connectivity index (χ2v) is 9.34. The Morgan fingerprint density at radius 1 is 1.39 bits per heavy atom. The summed E-state index contributed by atoms with van der Waals surface area (Å²) in [5.41, 5.74) is 2.98. The third-order valence-corrected chi connectivity index (χ3v) is 7.32. The van der Waals surface area contributed by atoms with E-state index >= 15 is 0 Å². The number of aliphatic hydroxyl groups is 1. The summed E-state index contributed by atoms with van der Waals surface area (Å²) in [4.78, 5) is 19.8. The number of hydrogen-bond acceptors (Lipinski definition) is 7. The minimum Gasteiger partial charge on any atom is -0.484 e. The molecular formula is C22H21N5O4. The van der Waals surface area contributed by atoms with Crippen LogP contribution in [0.15, 0.2) is 36.8 Å². The Hall–Kier alpha value is -3.17. The summed E-state index contributed by atoms with van der Waals surface area (Å²) in [5, 5.41) is 17.1. The first-order valence-electron chi connectivity index (χ1n) is 10.4. The molecule has 3 fully saturated rings. The molecule has 1 saturated carbocycles. The number of ether oxygens (including phenoxy) is 2. The number of nitrogens with zero attached hydrogens (tertiary/aromatic N) is 4. The highest BCUT2D eigenvalue weighted by Gasteiger charge is 2.87. The molecule has 1 aromatic carbocycles. The van der Waals surface area contributed by atoms with Gasteiger partial charge in [-0.15, -0.1) is 0 Å². The van der Waals surface area contributed by atoms with Gasteiger partial charge in [-0.2, -0.15) is 5.10 Å². The molecule has 9 nitrogen and oxygen atoms in total. The molecule has 3 atom stereocenters. The molecule has 0 bridgehead atoms. The summed E-state index contributed by atoms with van der Waals surface area (Å²) >= 11 is 0. The molecule has 9 heteroatoms. The van der Waals surface area contributed by atoms with Crippen molar-refractivity contribution in [3.63, 3.8) is 0 Å². The normalized spacial score (nSPS) is 31.7. The van der Waals surface area contributed by atoms with Gasteiger partial charge in [0.2, 0.25) is 0 Å². The van der Waals surface area contributed by atoms with Crippen LogP contribution in [-0.2, 0) is 11.2 Å². The molecule has 4 aliphatic rings. The number of carbonyl (C=O) groups is 1. The van der Waals surface area contributed by atoms with Crippen LogP contribution < -0.4 is 15.0 Å². The van der Waals surface area contributed by atoms with Crippen LogP contribution >= 0.6 is 0 Å². The van der Waals surface area contributed by atoms with Gasteiger partial charge in [-0.1, -0.05) is 0 Å². The third-order valence-electron chi connectivity index (χ3n) is 7.32. The Bertz CT molecular complexity index is 1290. The quantitative estimate of drug-likeness (QED) is 0.659. The van der Waals surface area contributed by atoms with E-state index in [1.165, 1.54) is 6.20 Å². The summed E-state index contributed by atoms with van der Waals surface area (Å²) < 4.78 is 13.4. The molecule has 1 aliphatic carbocycles. The molecule has 1 amide bonds. The molecule has 2 aromatic heterocycles. The smallest absolute Gasteiger partial charge is 0.261 e. The molecule has 2 saturated heterocycles. The fourth-order valence-corrected chi connectivity index (χ4v) is 5.41. The average molecular weight is 419 g/mol. The summed E-state index contributed by atoms with van der Waals surface area (Å²) in [5.74, 6) is 0.501. The predicted octanol–water partition coefficient (Wildman–Crippen LogP) is 1.40. The van der Waals surface area contributed by atoms with E-state index in [0.717, 1.165) is 35.7 Å². The number of carbonyl (C=O) groups excluding carboxylic acids is 1. The lowest BCUT2D eigenvalue weighted by Crippen LogP contribution is -2.71. The molecule has 31 heavy (non-hydrogen) atoms. The fourth-order valence-electron chi connectivity index (χ4n) is 5.41. The topological polar surface area (TPSA) is 101 Å². The highest BCUT2D eigenvalue weighted by atomic mass is 16.6. The number of aromatic nitrogens is 3. The van der Waals surface area contributed by atoms with Crippen LogP contribution in [0, 0.1) is 0 Å². The maximum Gasteiger partial charge on any atom is 0.261 e. The van der Waals surface area contributed by atoms with Gasteiger partial charge < -0.3 is 24.8 Å². The van der Waals surface area contributed by atoms with Gasteiger partial charge in [0.15, 0.2) is 5.65 Å². The molecule has 0 spiro atoms. The van der Waals surface area contributed by atoms with Crippen molar-refractivity contribution in [1.82, 2.24) is 14.6 Å². The highest BCUT2D eigenvalue weighted by Crippen LogP contribution is 2.72. The number of hydrogen-bond donors (Lipinski definition) is 2. The van der Waals surface area contributed by atoms with Gasteiger partial charge in [-0.05, 0) is 19.1 Å². The van der Waals surface area contributed by atoms with Gasteiger partial charge in [-0.3, -0.25) is 4.79 Å². The van der Waals surface area contributed by atoms with E-state index in [1.807, 2.05) is 19.1 Å². The van der Waals surface area contributed by atoms with E-state index in [4.69, 9.17) is 9.47 Å². The summed E-state index contributed by atoms with van der Waals surface area (Å²) in [6.07, 6.45) is 6.54. The van der Waals surface area contributed by atoms with Crippen molar-refractivity contribution >= 4 is 22.9 Å². The monoisotopic (exact) mass is 419 g/mol. The molecule has 5 heterocycles. The van der Waals surface area contributed by atoms with Gasteiger partial charge in [0.1, 0.15) is 22.5 Å². The van der Waals surface area contributed by atoms with Crippen molar-refractivity contribution in [1.29, 1.82) is 0 Å². The Labute approximate surface area is 177 Å². The minimum absolute atomic E-state index is 0.0140. The average Bonchev–Trinajstić information content (AvgIpc) is 3.27. The SMILES string of the molecule is C[C@@]1(CO)Cc2cc(NC(=O)c3cnn4cccnc34)c(N3C[C@@]45C[C@@]34CO5)cc2O1.